The predicted octanol–water partition coefficient (Wildman–Crippen LogP) is 4.22. The predicted molar refractivity (Wildman–Crippen MR) is 122 cm³/mol. The number of carbonyl (C=O) groups excluding carboxylic acids is 2. The highest BCUT2D eigenvalue weighted by Crippen LogP contribution is 2.31. The molecular formula is C20H16Cl2N4O4S2. The van der Waals surface area contributed by atoms with Gasteiger partial charge in [0.05, 0.1) is 21.5 Å². The maximum atomic E-state index is 13.1. The third kappa shape index (κ3) is 4.18. The van der Waals surface area contributed by atoms with E-state index in [0.29, 0.717) is 21.2 Å². The molecule has 0 bridgehead atoms. The average molecular weight is 511 g/mol. The summed E-state index contributed by atoms with van der Waals surface area (Å²) in [5.41, 5.74) is -0.263. The topological polar surface area (TPSA) is 108 Å². The number of hydrogen-bond acceptors (Lipinski definition) is 6. The van der Waals surface area contributed by atoms with Crippen LogP contribution in [0.2, 0.25) is 10.0 Å². The smallest absolute Gasteiger partial charge is 0.319 e. The zero-order valence-corrected chi connectivity index (χ0v) is 19.6. The highest BCUT2D eigenvalue weighted by Gasteiger charge is 2.49. The largest absolute Gasteiger partial charge is 0.325 e. The number of amides is 3. The summed E-state index contributed by atoms with van der Waals surface area (Å²) in [7, 11) is -3.83. The van der Waals surface area contributed by atoms with E-state index in [4.69, 9.17) is 23.2 Å². The number of nitrogens with zero attached hydrogens (tertiary/aromatic N) is 2. The molecule has 0 radical (unpaired) electrons. The van der Waals surface area contributed by atoms with Crippen molar-refractivity contribution in [1.29, 1.82) is 0 Å². The van der Waals surface area contributed by atoms with E-state index in [0.717, 1.165) is 16.2 Å². The molecule has 1 aliphatic rings. The first-order chi connectivity index (χ1) is 15.1. The van der Waals surface area contributed by atoms with Gasteiger partial charge in [-0.2, -0.15) is 0 Å². The van der Waals surface area contributed by atoms with Gasteiger partial charge in [0.15, 0.2) is 5.13 Å². The first-order valence-electron chi connectivity index (χ1n) is 9.21. The molecule has 2 aromatic carbocycles. The summed E-state index contributed by atoms with van der Waals surface area (Å²) in [6, 6.07) is 10.0. The summed E-state index contributed by atoms with van der Waals surface area (Å²) in [6.45, 7) is 1.58. The normalized spacial score (nSPS) is 18.7. The molecule has 2 heterocycles. The fraction of sp³-hybridized carbons (Fsp3) is 0.150. The van der Waals surface area contributed by atoms with Crippen LogP contribution in [0.4, 0.5) is 9.93 Å². The lowest BCUT2D eigenvalue weighted by Gasteiger charge is -2.22. The third-order valence-electron chi connectivity index (χ3n) is 5.00. The molecule has 1 fully saturated rings. The molecule has 4 rings (SSSR count). The second kappa shape index (κ2) is 8.36. The number of halogens is 2. The first kappa shape index (κ1) is 22.5. The van der Waals surface area contributed by atoms with Crippen molar-refractivity contribution in [1.82, 2.24) is 15.2 Å². The Morgan fingerprint density at radius 3 is 2.47 bits per heavy atom. The molecule has 1 saturated heterocycles. The molecular weight excluding hydrogens is 495 g/mol. The minimum atomic E-state index is -3.83. The van der Waals surface area contributed by atoms with Gasteiger partial charge in [-0.3, -0.25) is 14.4 Å². The van der Waals surface area contributed by atoms with Crippen molar-refractivity contribution in [2.24, 2.45) is 0 Å². The number of thiazole rings is 1. The van der Waals surface area contributed by atoms with Crippen LogP contribution in [0.1, 0.15) is 18.1 Å². The van der Waals surface area contributed by atoms with Gasteiger partial charge in [0.2, 0.25) is 0 Å². The van der Waals surface area contributed by atoms with Gasteiger partial charge >= 0.3 is 6.03 Å². The van der Waals surface area contributed by atoms with Gasteiger partial charge in [0.25, 0.3) is 15.9 Å². The summed E-state index contributed by atoms with van der Waals surface area (Å²) in [5.74, 6) is -0.468. The van der Waals surface area contributed by atoms with Gasteiger partial charge < -0.3 is 5.32 Å². The van der Waals surface area contributed by atoms with Crippen LogP contribution < -0.4 is 10.0 Å². The molecule has 0 spiro atoms. The molecule has 1 unspecified atom stereocenters. The molecule has 2 N–H and O–H groups in total. The van der Waals surface area contributed by atoms with E-state index in [1.54, 1.807) is 30.5 Å². The van der Waals surface area contributed by atoms with Crippen LogP contribution in [0.3, 0.4) is 0 Å². The molecule has 1 aromatic heterocycles. The molecule has 0 saturated carbocycles. The van der Waals surface area contributed by atoms with Crippen LogP contribution in [-0.2, 0) is 26.9 Å². The lowest BCUT2D eigenvalue weighted by atomic mass is 9.92. The summed E-state index contributed by atoms with van der Waals surface area (Å²) in [5, 5.41) is 5.29. The standard InChI is InChI=1S/C20H16Cl2N4O4S2/c1-20(13-3-5-14(6-4-13)32(29,30)25-18-23-8-9-31-18)17(27)26(19(28)24-20)11-12-2-7-15(21)16(22)10-12/h2-10H,11H2,1H3,(H,23,25)(H,24,28). The number of sulfonamides is 1. The quantitative estimate of drug-likeness (QED) is 0.482. The molecule has 0 aliphatic carbocycles. The van der Waals surface area contributed by atoms with Gasteiger partial charge in [0, 0.05) is 11.6 Å². The summed E-state index contributed by atoms with van der Waals surface area (Å²) in [4.78, 5) is 30.7. The van der Waals surface area contributed by atoms with Gasteiger partial charge in [-0.25, -0.2) is 18.2 Å². The number of rotatable bonds is 6. The maximum absolute atomic E-state index is 13.1. The third-order valence-corrected chi connectivity index (χ3v) is 7.91. The number of aromatic nitrogens is 1. The van der Waals surface area contributed by atoms with E-state index in [-0.39, 0.29) is 16.6 Å². The SMILES string of the molecule is CC1(c2ccc(S(=O)(=O)Nc3nccs3)cc2)NC(=O)N(Cc2ccc(Cl)c(Cl)c2)C1=O. The molecule has 1 aliphatic heterocycles. The van der Waals surface area contributed by atoms with Crippen LogP contribution in [0.15, 0.2) is 58.9 Å². The van der Waals surface area contributed by atoms with Gasteiger partial charge in [-0.1, -0.05) is 41.4 Å². The van der Waals surface area contributed by atoms with Gasteiger partial charge in [-0.15, -0.1) is 11.3 Å². The Bertz CT molecular complexity index is 1300. The zero-order valence-electron chi connectivity index (χ0n) is 16.5. The Morgan fingerprint density at radius 2 is 1.84 bits per heavy atom. The molecule has 32 heavy (non-hydrogen) atoms. The fourth-order valence-corrected chi connectivity index (χ4v) is 5.38. The van der Waals surface area contributed by atoms with Crippen molar-refractivity contribution in [3.05, 3.63) is 75.2 Å². The molecule has 8 nitrogen and oxygen atoms in total. The van der Waals surface area contributed by atoms with Crippen molar-refractivity contribution in [3.63, 3.8) is 0 Å². The number of nitrogens with one attached hydrogen (secondary N) is 2. The Labute approximate surface area is 198 Å². The average Bonchev–Trinajstić information content (AvgIpc) is 3.33. The second-order valence-electron chi connectivity index (χ2n) is 7.16. The van der Waals surface area contributed by atoms with Crippen LogP contribution in [0, 0.1) is 0 Å². The van der Waals surface area contributed by atoms with Gasteiger partial charge in [-0.05, 0) is 42.3 Å². The summed E-state index contributed by atoms with van der Waals surface area (Å²) in [6.07, 6.45) is 1.49. The minimum absolute atomic E-state index is 0.00415. The van der Waals surface area contributed by atoms with Crippen LogP contribution >= 0.6 is 34.5 Å². The molecule has 3 aromatic rings. The van der Waals surface area contributed by atoms with Crippen molar-refractivity contribution in [2.75, 3.05) is 4.72 Å². The van der Waals surface area contributed by atoms with E-state index in [1.807, 2.05) is 0 Å². The monoisotopic (exact) mass is 510 g/mol. The Hall–Kier alpha value is -2.66. The van der Waals surface area contributed by atoms with E-state index in [1.165, 1.54) is 30.5 Å². The molecule has 1 atom stereocenters. The zero-order chi connectivity index (χ0) is 23.1. The van der Waals surface area contributed by atoms with Crippen molar-refractivity contribution in [2.45, 2.75) is 23.9 Å². The fourth-order valence-electron chi connectivity index (χ4n) is 3.27. The van der Waals surface area contributed by atoms with Crippen molar-refractivity contribution >= 4 is 61.6 Å². The first-order valence-corrected chi connectivity index (χ1v) is 12.3. The molecule has 12 heteroatoms. The Kier molecular flexibility index (Phi) is 5.89. The molecule has 3 amide bonds. The van der Waals surface area contributed by atoms with Crippen LogP contribution in [0.25, 0.3) is 0 Å². The van der Waals surface area contributed by atoms with Crippen LogP contribution in [-0.4, -0.2) is 30.2 Å². The number of imide groups is 1. The van der Waals surface area contributed by atoms with Gasteiger partial charge in [0.1, 0.15) is 5.54 Å². The maximum Gasteiger partial charge on any atom is 0.325 e. The van der Waals surface area contributed by atoms with Crippen LogP contribution in [0.5, 0.6) is 0 Å². The number of hydrogen-bond donors (Lipinski definition) is 2. The lowest BCUT2D eigenvalue weighted by molar-refractivity contribution is -0.131. The summed E-state index contributed by atoms with van der Waals surface area (Å²) < 4.78 is 27.4. The van der Waals surface area contributed by atoms with Crippen molar-refractivity contribution < 1.29 is 18.0 Å². The second-order valence-corrected chi connectivity index (χ2v) is 10.6. The number of benzene rings is 2. The highest BCUT2D eigenvalue weighted by atomic mass is 35.5. The lowest BCUT2D eigenvalue weighted by Crippen LogP contribution is -2.40. The Morgan fingerprint density at radius 1 is 1.12 bits per heavy atom. The number of carbonyl (C=O) groups is 2. The number of anilines is 1. The van der Waals surface area contributed by atoms with E-state index in [2.05, 4.69) is 15.0 Å². The minimum Gasteiger partial charge on any atom is -0.319 e. The highest BCUT2D eigenvalue weighted by molar-refractivity contribution is 7.93. The number of urea groups is 1. The summed E-state index contributed by atoms with van der Waals surface area (Å²) >= 11 is 13.1. The Balaban J connectivity index is 1.55. The molecule has 166 valence electrons. The van der Waals surface area contributed by atoms with E-state index in [9.17, 15) is 18.0 Å². The van der Waals surface area contributed by atoms with E-state index >= 15 is 0 Å². The van der Waals surface area contributed by atoms with E-state index < -0.39 is 27.5 Å². The van der Waals surface area contributed by atoms with Crippen molar-refractivity contribution in [3.8, 4) is 0 Å².